The first-order valence-electron chi connectivity index (χ1n) is 6.49. The Morgan fingerprint density at radius 2 is 2.20 bits per heavy atom. The Morgan fingerprint density at radius 3 is 2.90 bits per heavy atom. The molecule has 1 aromatic carbocycles. The second kappa shape index (κ2) is 6.38. The van der Waals surface area contributed by atoms with Gasteiger partial charge in [-0.2, -0.15) is 0 Å². The summed E-state index contributed by atoms with van der Waals surface area (Å²) in [5, 5.41) is 11.7. The Labute approximate surface area is 117 Å². The van der Waals surface area contributed by atoms with Crippen LogP contribution in [0.25, 0.3) is 0 Å². The van der Waals surface area contributed by atoms with Gasteiger partial charge >= 0.3 is 12.0 Å². The van der Waals surface area contributed by atoms with E-state index in [0.717, 1.165) is 6.42 Å². The molecule has 1 aromatic rings. The van der Waals surface area contributed by atoms with E-state index >= 15 is 0 Å². The van der Waals surface area contributed by atoms with Crippen LogP contribution in [0.3, 0.4) is 0 Å². The van der Waals surface area contributed by atoms with E-state index in [4.69, 9.17) is 9.84 Å². The molecular weight excluding hydrogens is 260 g/mol. The maximum atomic E-state index is 12.1. The Bertz CT molecular complexity index is 504. The summed E-state index contributed by atoms with van der Waals surface area (Å²) >= 11 is 0. The zero-order valence-corrected chi connectivity index (χ0v) is 11.3. The first-order valence-corrected chi connectivity index (χ1v) is 6.49. The van der Waals surface area contributed by atoms with Gasteiger partial charge in [-0.05, 0) is 18.6 Å². The summed E-state index contributed by atoms with van der Waals surface area (Å²) in [6.45, 7) is 1.93. The van der Waals surface area contributed by atoms with Gasteiger partial charge in [0.1, 0.15) is 0 Å². The van der Waals surface area contributed by atoms with Crippen molar-refractivity contribution in [1.29, 1.82) is 0 Å². The topological polar surface area (TPSA) is 78.9 Å². The van der Waals surface area contributed by atoms with Gasteiger partial charge in [0.2, 0.25) is 0 Å². The lowest BCUT2D eigenvalue weighted by atomic mass is 10.1. The van der Waals surface area contributed by atoms with Crippen LogP contribution >= 0.6 is 0 Å². The third-order valence-electron chi connectivity index (χ3n) is 3.37. The minimum Gasteiger partial charge on any atom is -0.478 e. The summed E-state index contributed by atoms with van der Waals surface area (Å²) < 4.78 is 5.09. The van der Waals surface area contributed by atoms with Gasteiger partial charge < -0.3 is 20.1 Å². The number of methoxy groups -OCH3 is 1. The first-order chi connectivity index (χ1) is 9.61. The van der Waals surface area contributed by atoms with Crippen molar-refractivity contribution >= 4 is 17.7 Å². The minimum atomic E-state index is -1.06. The van der Waals surface area contributed by atoms with Crippen molar-refractivity contribution in [1.82, 2.24) is 4.90 Å². The van der Waals surface area contributed by atoms with Gasteiger partial charge in [-0.15, -0.1) is 0 Å². The molecule has 0 aliphatic carbocycles. The summed E-state index contributed by atoms with van der Waals surface area (Å²) in [7, 11) is 1.64. The number of carbonyl (C=O) groups excluding carboxylic acids is 1. The van der Waals surface area contributed by atoms with Gasteiger partial charge in [-0.3, -0.25) is 0 Å². The molecule has 20 heavy (non-hydrogen) atoms. The normalized spacial score (nSPS) is 18.1. The van der Waals surface area contributed by atoms with Crippen LogP contribution in [0.4, 0.5) is 10.5 Å². The van der Waals surface area contributed by atoms with Crippen molar-refractivity contribution in [2.75, 3.05) is 32.1 Å². The molecule has 1 aliphatic rings. The molecule has 2 rings (SSSR count). The third kappa shape index (κ3) is 3.27. The quantitative estimate of drug-likeness (QED) is 0.881. The Morgan fingerprint density at radius 1 is 1.45 bits per heavy atom. The number of hydrogen-bond acceptors (Lipinski definition) is 3. The van der Waals surface area contributed by atoms with E-state index < -0.39 is 5.97 Å². The van der Waals surface area contributed by atoms with Gasteiger partial charge in [0, 0.05) is 26.1 Å². The number of urea groups is 1. The Hall–Kier alpha value is -2.08. The van der Waals surface area contributed by atoms with E-state index in [-0.39, 0.29) is 11.6 Å². The number of carbonyl (C=O) groups is 2. The van der Waals surface area contributed by atoms with E-state index in [1.165, 1.54) is 6.07 Å². The van der Waals surface area contributed by atoms with Crippen LogP contribution in [0.1, 0.15) is 16.8 Å². The lowest BCUT2D eigenvalue weighted by Gasteiger charge is -2.18. The van der Waals surface area contributed by atoms with Gasteiger partial charge in [0.15, 0.2) is 0 Å². The number of amides is 2. The number of anilines is 1. The molecule has 1 unspecified atom stereocenters. The van der Waals surface area contributed by atoms with E-state index in [1.54, 1.807) is 30.2 Å². The number of para-hydroxylation sites is 1. The van der Waals surface area contributed by atoms with Crippen LogP contribution < -0.4 is 5.32 Å². The minimum absolute atomic E-state index is 0.0912. The number of hydrogen-bond donors (Lipinski definition) is 2. The van der Waals surface area contributed by atoms with Crippen molar-refractivity contribution in [3.05, 3.63) is 29.8 Å². The van der Waals surface area contributed by atoms with Crippen molar-refractivity contribution < 1.29 is 19.4 Å². The van der Waals surface area contributed by atoms with Crippen LogP contribution in [-0.4, -0.2) is 48.8 Å². The molecule has 1 fully saturated rings. The lowest BCUT2D eigenvalue weighted by Crippen LogP contribution is -2.33. The smallest absolute Gasteiger partial charge is 0.337 e. The number of rotatable bonds is 4. The van der Waals surface area contributed by atoms with Crippen molar-refractivity contribution in [3.63, 3.8) is 0 Å². The molecule has 108 valence electrons. The van der Waals surface area contributed by atoms with Crippen LogP contribution in [0.5, 0.6) is 0 Å². The summed E-state index contributed by atoms with van der Waals surface area (Å²) in [4.78, 5) is 24.9. The van der Waals surface area contributed by atoms with Crippen LogP contribution in [0, 0.1) is 5.92 Å². The fourth-order valence-electron chi connectivity index (χ4n) is 2.36. The molecule has 1 heterocycles. The highest BCUT2D eigenvalue weighted by Gasteiger charge is 2.26. The summed E-state index contributed by atoms with van der Waals surface area (Å²) in [6, 6.07) is 6.11. The average Bonchev–Trinajstić information content (AvgIpc) is 2.88. The molecule has 0 spiro atoms. The molecule has 1 atom stereocenters. The summed E-state index contributed by atoms with van der Waals surface area (Å²) in [5.41, 5.74) is 0.411. The fraction of sp³-hybridized carbons (Fsp3) is 0.429. The maximum absolute atomic E-state index is 12.1. The van der Waals surface area contributed by atoms with Crippen LogP contribution in [-0.2, 0) is 4.74 Å². The monoisotopic (exact) mass is 278 g/mol. The standard InChI is InChI=1S/C14H18N2O4/c1-20-9-10-6-7-16(8-10)14(19)15-12-5-3-2-4-11(12)13(17)18/h2-5,10H,6-9H2,1H3,(H,15,19)(H,17,18). The highest BCUT2D eigenvalue weighted by atomic mass is 16.5. The van der Waals surface area contributed by atoms with E-state index in [1.807, 2.05) is 0 Å². The number of carboxylic acids is 1. The molecule has 6 nitrogen and oxygen atoms in total. The molecule has 0 aromatic heterocycles. The molecule has 1 saturated heterocycles. The molecular formula is C14H18N2O4. The number of ether oxygens (including phenoxy) is 1. The zero-order valence-electron chi connectivity index (χ0n) is 11.3. The third-order valence-corrected chi connectivity index (χ3v) is 3.37. The molecule has 1 aliphatic heterocycles. The summed E-state index contributed by atoms with van der Waals surface area (Å²) in [6.07, 6.45) is 0.905. The van der Waals surface area contributed by atoms with Crippen molar-refractivity contribution in [2.45, 2.75) is 6.42 Å². The molecule has 0 radical (unpaired) electrons. The summed E-state index contributed by atoms with van der Waals surface area (Å²) in [5.74, 6) is -0.708. The predicted octanol–water partition coefficient (Wildman–Crippen LogP) is 1.89. The first kappa shape index (κ1) is 14.3. The van der Waals surface area contributed by atoms with Gasteiger partial charge in [0.25, 0.3) is 0 Å². The van der Waals surface area contributed by atoms with Crippen molar-refractivity contribution in [2.24, 2.45) is 5.92 Å². The van der Waals surface area contributed by atoms with E-state index in [9.17, 15) is 9.59 Å². The average molecular weight is 278 g/mol. The molecule has 0 bridgehead atoms. The molecule has 2 N–H and O–H groups in total. The lowest BCUT2D eigenvalue weighted by molar-refractivity contribution is 0.0698. The Kier molecular flexibility index (Phi) is 4.57. The molecule has 2 amide bonds. The number of nitrogens with one attached hydrogen (secondary N) is 1. The van der Waals surface area contributed by atoms with Crippen molar-refractivity contribution in [3.8, 4) is 0 Å². The van der Waals surface area contributed by atoms with E-state index in [2.05, 4.69) is 5.32 Å². The van der Waals surface area contributed by atoms with Crippen LogP contribution in [0.15, 0.2) is 24.3 Å². The number of likely N-dealkylation sites (tertiary alicyclic amines) is 1. The SMILES string of the molecule is COCC1CCN(C(=O)Nc2ccccc2C(=O)O)C1. The number of nitrogens with zero attached hydrogens (tertiary/aromatic N) is 1. The fourth-order valence-corrected chi connectivity index (χ4v) is 2.36. The highest BCUT2D eigenvalue weighted by molar-refractivity contribution is 6.00. The molecule has 0 saturated carbocycles. The Balaban J connectivity index is 2.00. The zero-order chi connectivity index (χ0) is 14.5. The van der Waals surface area contributed by atoms with Gasteiger partial charge in [0.05, 0.1) is 17.9 Å². The molecule has 6 heteroatoms. The number of carboxylic acid groups (broad SMARTS) is 1. The largest absolute Gasteiger partial charge is 0.478 e. The second-order valence-corrected chi connectivity index (χ2v) is 4.84. The predicted molar refractivity (Wildman–Crippen MR) is 74.0 cm³/mol. The van der Waals surface area contributed by atoms with Crippen LogP contribution in [0.2, 0.25) is 0 Å². The van der Waals surface area contributed by atoms with Gasteiger partial charge in [-0.25, -0.2) is 9.59 Å². The van der Waals surface area contributed by atoms with Gasteiger partial charge in [-0.1, -0.05) is 12.1 Å². The van der Waals surface area contributed by atoms with E-state index in [0.29, 0.717) is 31.3 Å². The highest BCUT2D eigenvalue weighted by Crippen LogP contribution is 2.19. The second-order valence-electron chi connectivity index (χ2n) is 4.84. The maximum Gasteiger partial charge on any atom is 0.337 e. The number of benzene rings is 1. The number of aromatic carboxylic acids is 1.